The van der Waals surface area contributed by atoms with Crippen LogP contribution >= 0.6 is 11.6 Å². The molecule has 3 rings (SSSR count). The summed E-state index contributed by atoms with van der Waals surface area (Å²) in [5.41, 5.74) is 3.22. The first-order valence-corrected chi connectivity index (χ1v) is 6.27. The van der Waals surface area contributed by atoms with Crippen molar-refractivity contribution >= 4 is 17.4 Å². The summed E-state index contributed by atoms with van der Waals surface area (Å²) in [6, 6.07) is 13.0. The Morgan fingerprint density at radius 1 is 1.11 bits per heavy atom. The lowest BCUT2D eigenvalue weighted by atomic mass is 9.98. The molecular weight excluding hydrogens is 248 g/mol. The average molecular weight is 259 g/mol. The molecule has 0 amide bonds. The molecule has 2 nitrogen and oxygen atoms in total. The maximum absolute atomic E-state index is 12.4. The number of ether oxygens (including phenoxy) is 1. The molecule has 2 aromatic rings. The van der Waals surface area contributed by atoms with Gasteiger partial charge in [0.05, 0.1) is 5.56 Å². The summed E-state index contributed by atoms with van der Waals surface area (Å²) in [6.07, 6.45) is 0. The third-order valence-corrected chi connectivity index (χ3v) is 3.39. The van der Waals surface area contributed by atoms with Crippen LogP contribution in [0.3, 0.4) is 0 Å². The number of carbonyl (C=O) groups is 1. The van der Waals surface area contributed by atoms with Crippen LogP contribution in [0.5, 0.6) is 5.75 Å². The highest BCUT2D eigenvalue weighted by atomic mass is 35.5. The summed E-state index contributed by atoms with van der Waals surface area (Å²) >= 11 is 5.81. The van der Waals surface area contributed by atoms with Crippen molar-refractivity contribution in [2.45, 2.75) is 12.5 Å². The second kappa shape index (κ2) is 4.46. The fourth-order valence-corrected chi connectivity index (χ4v) is 2.32. The van der Waals surface area contributed by atoms with Gasteiger partial charge in [-0.25, -0.2) is 0 Å². The van der Waals surface area contributed by atoms with E-state index in [1.54, 1.807) is 6.07 Å². The van der Waals surface area contributed by atoms with E-state index in [1.165, 1.54) is 0 Å². The summed E-state index contributed by atoms with van der Waals surface area (Å²) in [5, 5.41) is 0. The van der Waals surface area contributed by atoms with Crippen LogP contribution in [0.2, 0.25) is 0 Å². The Bertz CT molecular complexity index is 620. The zero-order chi connectivity index (χ0) is 12.5. The average Bonchev–Trinajstić information content (AvgIpc) is 2.57. The van der Waals surface area contributed by atoms with Crippen LogP contribution in [-0.2, 0) is 12.5 Å². The molecule has 0 saturated carbocycles. The van der Waals surface area contributed by atoms with E-state index >= 15 is 0 Å². The molecule has 1 aliphatic rings. The van der Waals surface area contributed by atoms with Crippen molar-refractivity contribution in [3.8, 4) is 5.75 Å². The van der Waals surface area contributed by atoms with Gasteiger partial charge in [-0.15, -0.1) is 11.6 Å². The monoisotopic (exact) mass is 258 g/mol. The van der Waals surface area contributed by atoms with E-state index in [1.807, 2.05) is 36.4 Å². The van der Waals surface area contributed by atoms with Gasteiger partial charge in [0, 0.05) is 17.0 Å². The summed E-state index contributed by atoms with van der Waals surface area (Å²) in [7, 11) is 0. The van der Waals surface area contributed by atoms with Crippen molar-refractivity contribution in [1.82, 2.24) is 0 Å². The zero-order valence-electron chi connectivity index (χ0n) is 9.65. The maximum Gasteiger partial charge on any atom is 0.197 e. The lowest BCUT2D eigenvalue weighted by molar-refractivity contribution is 0.103. The van der Waals surface area contributed by atoms with Crippen molar-refractivity contribution < 1.29 is 9.53 Å². The molecule has 0 N–H and O–H groups in total. The SMILES string of the molecule is O=C1c2ccc(CCl)cc2COc2ccccc21. The first-order valence-electron chi connectivity index (χ1n) is 5.74. The van der Waals surface area contributed by atoms with E-state index < -0.39 is 0 Å². The normalized spacial score (nSPS) is 13.3. The highest BCUT2D eigenvalue weighted by Crippen LogP contribution is 2.28. The smallest absolute Gasteiger partial charge is 0.197 e. The third-order valence-electron chi connectivity index (χ3n) is 3.08. The molecule has 0 aliphatic carbocycles. The molecule has 0 bridgehead atoms. The quantitative estimate of drug-likeness (QED) is 0.731. The minimum absolute atomic E-state index is 0.0132. The number of benzene rings is 2. The lowest BCUT2D eigenvalue weighted by Gasteiger charge is -2.06. The van der Waals surface area contributed by atoms with Crippen LogP contribution in [-0.4, -0.2) is 5.78 Å². The van der Waals surface area contributed by atoms with Crippen molar-refractivity contribution in [2.75, 3.05) is 0 Å². The van der Waals surface area contributed by atoms with E-state index in [2.05, 4.69) is 0 Å². The van der Waals surface area contributed by atoms with E-state index in [-0.39, 0.29) is 5.78 Å². The Morgan fingerprint density at radius 3 is 2.78 bits per heavy atom. The Balaban J connectivity index is 2.15. The van der Waals surface area contributed by atoms with Gasteiger partial charge >= 0.3 is 0 Å². The summed E-state index contributed by atoms with van der Waals surface area (Å²) < 4.78 is 5.68. The number of hydrogen-bond donors (Lipinski definition) is 0. The topological polar surface area (TPSA) is 26.3 Å². The Morgan fingerprint density at radius 2 is 1.94 bits per heavy atom. The maximum atomic E-state index is 12.4. The van der Waals surface area contributed by atoms with Gasteiger partial charge in [0.2, 0.25) is 0 Å². The lowest BCUT2D eigenvalue weighted by Crippen LogP contribution is -2.03. The van der Waals surface area contributed by atoms with Gasteiger partial charge in [-0.2, -0.15) is 0 Å². The Hall–Kier alpha value is -1.80. The third kappa shape index (κ3) is 1.79. The number of para-hydroxylation sites is 1. The first-order chi connectivity index (χ1) is 8.79. The highest BCUT2D eigenvalue weighted by molar-refractivity contribution is 6.17. The fourth-order valence-electron chi connectivity index (χ4n) is 2.15. The van der Waals surface area contributed by atoms with Gasteiger partial charge < -0.3 is 4.74 Å². The second-order valence-electron chi connectivity index (χ2n) is 4.24. The van der Waals surface area contributed by atoms with E-state index in [0.717, 1.165) is 11.1 Å². The minimum Gasteiger partial charge on any atom is -0.488 e. The number of rotatable bonds is 1. The highest BCUT2D eigenvalue weighted by Gasteiger charge is 2.21. The van der Waals surface area contributed by atoms with Crippen LogP contribution in [0.15, 0.2) is 42.5 Å². The van der Waals surface area contributed by atoms with Crippen molar-refractivity contribution in [1.29, 1.82) is 0 Å². The molecule has 0 unspecified atom stereocenters. The molecule has 90 valence electrons. The number of halogens is 1. The molecule has 2 aromatic carbocycles. The number of fused-ring (bicyclic) bond motifs is 2. The molecular formula is C15H11ClO2. The van der Waals surface area contributed by atoms with Gasteiger partial charge in [-0.05, 0) is 17.7 Å². The van der Waals surface area contributed by atoms with E-state index in [9.17, 15) is 4.79 Å². The summed E-state index contributed by atoms with van der Waals surface area (Å²) in [6.45, 7) is 0.406. The minimum atomic E-state index is 0.0132. The Labute approximate surface area is 110 Å². The Kier molecular flexibility index (Phi) is 2.80. The number of alkyl halides is 1. The zero-order valence-corrected chi connectivity index (χ0v) is 10.4. The molecule has 0 saturated heterocycles. The van der Waals surface area contributed by atoms with Gasteiger partial charge in [-0.3, -0.25) is 4.79 Å². The number of hydrogen-bond acceptors (Lipinski definition) is 2. The molecule has 0 atom stereocenters. The molecule has 0 fully saturated rings. The molecule has 18 heavy (non-hydrogen) atoms. The van der Waals surface area contributed by atoms with E-state index in [0.29, 0.717) is 29.4 Å². The van der Waals surface area contributed by atoms with Crippen molar-refractivity contribution in [2.24, 2.45) is 0 Å². The van der Waals surface area contributed by atoms with Crippen LogP contribution in [0.4, 0.5) is 0 Å². The predicted molar refractivity (Wildman–Crippen MR) is 70.2 cm³/mol. The van der Waals surface area contributed by atoms with Gasteiger partial charge in [-0.1, -0.05) is 30.3 Å². The van der Waals surface area contributed by atoms with E-state index in [4.69, 9.17) is 16.3 Å². The predicted octanol–water partition coefficient (Wildman–Crippen LogP) is 3.55. The van der Waals surface area contributed by atoms with Gasteiger partial charge in [0.15, 0.2) is 5.78 Å². The molecule has 0 spiro atoms. The molecule has 0 aromatic heterocycles. The number of carbonyl (C=O) groups excluding carboxylic acids is 1. The van der Waals surface area contributed by atoms with Crippen LogP contribution < -0.4 is 4.74 Å². The second-order valence-corrected chi connectivity index (χ2v) is 4.51. The van der Waals surface area contributed by atoms with Gasteiger partial charge in [0.25, 0.3) is 0 Å². The first kappa shape index (κ1) is 11.3. The van der Waals surface area contributed by atoms with Crippen LogP contribution in [0, 0.1) is 0 Å². The molecule has 0 radical (unpaired) electrons. The van der Waals surface area contributed by atoms with Crippen LogP contribution in [0.1, 0.15) is 27.0 Å². The largest absolute Gasteiger partial charge is 0.488 e. The van der Waals surface area contributed by atoms with Crippen LogP contribution in [0.25, 0.3) is 0 Å². The fraction of sp³-hybridized carbons (Fsp3) is 0.133. The molecule has 1 aliphatic heterocycles. The molecule has 1 heterocycles. The summed E-state index contributed by atoms with van der Waals surface area (Å²) in [4.78, 5) is 12.4. The van der Waals surface area contributed by atoms with Gasteiger partial charge in [0.1, 0.15) is 12.4 Å². The standard InChI is InChI=1S/C15H11ClO2/c16-8-10-5-6-12-11(7-10)9-18-14-4-2-1-3-13(14)15(12)17/h1-7H,8-9H2. The molecule has 3 heteroatoms. The van der Waals surface area contributed by atoms with Crippen molar-refractivity contribution in [3.05, 3.63) is 64.7 Å². The summed E-state index contributed by atoms with van der Waals surface area (Å²) in [5.74, 6) is 1.10. The number of ketones is 1. The van der Waals surface area contributed by atoms with Crippen molar-refractivity contribution in [3.63, 3.8) is 0 Å².